The second-order valence-corrected chi connectivity index (χ2v) is 5.92. The van der Waals surface area contributed by atoms with Gasteiger partial charge in [0.1, 0.15) is 0 Å². The van der Waals surface area contributed by atoms with E-state index >= 15 is 0 Å². The van der Waals surface area contributed by atoms with Crippen molar-refractivity contribution in [2.45, 2.75) is 30.2 Å². The molecule has 0 radical (unpaired) electrons. The van der Waals surface area contributed by atoms with Gasteiger partial charge in [0, 0.05) is 10.9 Å². The molecule has 6 heteroatoms. The van der Waals surface area contributed by atoms with Crippen LogP contribution in [0.1, 0.15) is 29.6 Å². The predicted molar refractivity (Wildman–Crippen MR) is 79.0 cm³/mol. The van der Waals surface area contributed by atoms with E-state index in [1.165, 1.54) is 11.8 Å². The van der Waals surface area contributed by atoms with Gasteiger partial charge in [0.2, 0.25) is 0 Å². The molecule has 1 aliphatic carbocycles. The zero-order valence-corrected chi connectivity index (χ0v) is 12.2. The normalized spacial score (nSPS) is 20.7. The summed E-state index contributed by atoms with van der Waals surface area (Å²) < 4.78 is 0. The van der Waals surface area contributed by atoms with Gasteiger partial charge in [-0.15, -0.1) is 11.8 Å². The Balaban J connectivity index is 2.10. The van der Waals surface area contributed by atoms with Crippen molar-refractivity contribution in [1.29, 1.82) is 5.26 Å². The SMILES string of the molecule is N#CCSc1ccccc1C(=O)NC1CCCC1C(=O)O. The molecule has 0 heterocycles. The van der Waals surface area contributed by atoms with Gasteiger partial charge in [-0.3, -0.25) is 9.59 Å². The summed E-state index contributed by atoms with van der Waals surface area (Å²) in [6.07, 6.45) is 2.11. The number of carbonyl (C=O) groups excluding carboxylic acids is 1. The van der Waals surface area contributed by atoms with Crippen LogP contribution in [0, 0.1) is 17.2 Å². The topological polar surface area (TPSA) is 90.2 Å². The largest absolute Gasteiger partial charge is 0.481 e. The summed E-state index contributed by atoms with van der Waals surface area (Å²) in [6, 6.07) is 8.77. The lowest BCUT2D eigenvalue weighted by atomic mass is 10.0. The Hall–Kier alpha value is -2.00. The minimum Gasteiger partial charge on any atom is -0.481 e. The molecule has 1 fully saturated rings. The molecule has 5 nitrogen and oxygen atoms in total. The number of carboxylic acid groups (broad SMARTS) is 1. The molecule has 0 bridgehead atoms. The van der Waals surface area contributed by atoms with Crippen LogP contribution in [0.25, 0.3) is 0 Å². The van der Waals surface area contributed by atoms with Crippen LogP contribution in [0.4, 0.5) is 0 Å². The van der Waals surface area contributed by atoms with E-state index in [0.29, 0.717) is 18.4 Å². The third kappa shape index (κ3) is 3.76. The van der Waals surface area contributed by atoms with Gasteiger partial charge in [-0.25, -0.2) is 0 Å². The Morgan fingerprint density at radius 3 is 2.86 bits per heavy atom. The highest BCUT2D eigenvalue weighted by Gasteiger charge is 2.34. The number of carbonyl (C=O) groups is 2. The lowest BCUT2D eigenvalue weighted by molar-refractivity contribution is -0.142. The number of nitrogens with one attached hydrogen (secondary N) is 1. The van der Waals surface area contributed by atoms with Gasteiger partial charge in [-0.1, -0.05) is 18.6 Å². The molecule has 1 amide bonds. The minimum absolute atomic E-state index is 0.269. The first-order valence-corrected chi connectivity index (χ1v) is 7.74. The van der Waals surface area contributed by atoms with Crippen LogP contribution in [0.3, 0.4) is 0 Å². The van der Waals surface area contributed by atoms with Gasteiger partial charge < -0.3 is 10.4 Å². The number of aliphatic carboxylic acids is 1. The van der Waals surface area contributed by atoms with Crippen molar-refractivity contribution in [3.8, 4) is 6.07 Å². The number of thioether (sulfide) groups is 1. The predicted octanol–water partition coefficient (Wildman–Crippen LogP) is 2.29. The van der Waals surface area contributed by atoms with Crippen LogP contribution in [-0.2, 0) is 4.79 Å². The van der Waals surface area contributed by atoms with E-state index in [2.05, 4.69) is 5.32 Å². The van der Waals surface area contributed by atoms with Crippen LogP contribution in [0.15, 0.2) is 29.2 Å². The number of nitriles is 1. The van der Waals surface area contributed by atoms with Crippen molar-refractivity contribution < 1.29 is 14.7 Å². The summed E-state index contributed by atoms with van der Waals surface area (Å²) in [6.45, 7) is 0. The lowest BCUT2D eigenvalue weighted by Gasteiger charge is -2.18. The molecule has 1 saturated carbocycles. The quantitative estimate of drug-likeness (QED) is 0.814. The highest BCUT2D eigenvalue weighted by atomic mass is 32.2. The van der Waals surface area contributed by atoms with Crippen molar-refractivity contribution in [1.82, 2.24) is 5.32 Å². The first-order chi connectivity index (χ1) is 10.1. The first-order valence-electron chi connectivity index (χ1n) is 6.76. The second-order valence-electron chi connectivity index (χ2n) is 4.90. The average molecular weight is 304 g/mol. The van der Waals surface area contributed by atoms with E-state index in [0.717, 1.165) is 11.3 Å². The summed E-state index contributed by atoms with van der Waals surface area (Å²) in [5, 5.41) is 20.6. The summed E-state index contributed by atoms with van der Waals surface area (Å²) in [4.78, 5) is 24.2. The van der Waals surface area contributed by atoms with Gasteiger partial charge in [-0.2, -0.15) is 5.26 Å². The van der Waals surface area contributed by atoms with Gasteiger partial charge in [-0.05, 0) is 25.0 Å². The third-order valence-corrected chi connectivity index (χ3v) is 4.51. The molecule has 2 unspecified atom stereocenters. The fraction of sp³-hybridized carbons (Fsp3) is 0.400. The Kier molecular flexibility index (Phi) is 5.23. The highest BCUT2D eigenvalue weighted by Crippen LogP contribution is 2.27. The van der Waals surface area contributed by atoms with Crippen molar-refractivity contribution in [2.24, 2.45) is 5.92 Å². The number of carboxylic acids is 1. The lowest BCUT2D eigenvalue weighted by Crippen LogP contribution is -2.40. The Bertz CT molecular complexity index is 583. The molecule has 2 rings (SSSR count). The van der Waals surface area contributed by atoms with Crippen LogP contribution >= 0.6 is 11.8 Å². The zero-order chi connectivity index (χ0) is 15.2. The van der Waals surface area contributed by atoms with E-state index in [1.807, 2.05) is 12.1 Å². The molecule has 0 aromatic heterocycles. The molecule has 21 heavy (non-hydrogen) atoms. The Morgan fingerprint density at radius 2 is 2.14 bits per heavy atom. The number of nitrogens with zero attached hydrogens (tertiary/aromatic N) is 1. The van der Waals surface area contributed by atoms with Gasteiger partial charge in [0.05, 0.1) is 23.3 Å². The second kappa shape index (κ2) is 7.14. The number of amides is 1. The maximum atomic E-state index is 12.4. The molecule has 2 N–H and O–H groups in total. The fourth-order valence-corrected chi connectivity index (χ4v) is 3.28. The van der Waals surface area contributed by atoms with E-state index < -0.39 is 11.9 Å². The maximum absolute atomic E-state index is 12.4. The Morgan fingerprint density at radius 1 is 1.38 bits per heavy atom. The van der Waals surface area contributed by atoms with Crippen LogP contribution < -0.4 is 5.32 Å². The molecule has 1 aromatic rings. The minimum atomic E-state index is -0.857. The summed E-state index contributed by atoms with van der Waals surface area (Å²) in [7, 11) is 0. The fourth-order valence-electron chi connectivity index (χ4n) is 2.56. The molecular formula is C15H16N2O3S. The molecular weight excluding hydrogens is 288 g/mol. The molecule has 1 aromatic carbocycles. The molecule has 0 aliphatic heterocycles. The Labute approximate surface area is 127 Å². The summed E-state index contributed by atoms with van der Waals surface area (Å²) >= 11 is 1.30. The highest BCUT2D eigenvalue weighted by molar-refractivity contribution is 7.99. The molecule has 0 spiro atoms. The van der Waals surface area contributed by atoms with Crippen molar-refractivity contribution in [2.75, 3.05) is 5.75 Å². The molecule has 0 saturated heterocycles. The van der Waals surface area contributed by atoms with Crippen molar-refractivity contribution in [3.05, 3.63) is 29.8 Å². The van der Waals surface area contributed by atoms with Crippen LogP contribution in [0.2, 0.25) is 0 Å². The molecule has 110 valence electrons. The smallest absolute Gasteiger partial charge is 0.308 e. The third-order valence-electron chi connectivity index (χ3n) is 3.57. The monoisotopic (exact) mass is 304 g/mol. The zero-order valence-electron chi connectivity index (χ0n) is 11.4. The van der Waals surface area contributed by atoms with E-state index in [9.17, 15) is 9.59 Å². The van der Waals surface area contributed by atoms with Gasteiger partial charge >= 0.3 is 5.97 Å². The van der Waals surface area contributed by atoms with E-state index in [1.54, 1.807) is 18.2 Å². The summed E-state index contributed by atoms with van der Waals surface area (Å²) in [5.41, 5.74) is 0.494. The van der Waals surface area contributed by atoms with Crippen molar-refractivity contribution in [3.63, 3.8) is 0 Å². The van der Waals surface area contributed by atoms with Gasteiger partial charge in [0.15, 0.2) is 0 Å². The standard InChI is InChI=1S/C15H16N2O3S/c16-8-9-21-13-7-2-1-4-11(13)14(18)17-12-6-3-5-10(12)15(19)20/h1-2,4,7,10,12H,3,5-6,9H2,(H,17,18)(H,19,20). The van der Waals surface area contributed by atoms with Gasteiger partial charge in [0.25, 0.3) is 5.91 Å². The first kappa shape index (κ1) is 15.4. The number of benzene rings is 1. The molecule has 1 aliphatic rings. The van der Waals surface area contributed by atoms with E-state index in [-0.39, 0.29) is 17.7 Å². The maximum Gasteiger partial charge on any atom is 0.308 e. The average Bonchev–Trinajstić information content (AvgIpc) is 2.93. The number of hydrogen-bond donors (Lipinski definition) is 2. The number of hydrogen-bond acceptors (Lipinski definition) is 4. The van der Waals surface area contributed by atoms with Crippen molar-refractivity contribution >= 4 is 23.6 Å². The summed E-state index contributed by atoms with van der Waals surface area (Å²) in [5.74, 6) is -1.36. The van der Waals surface area contributed by atoms with Crippen LogP contribution in [0.5, 0.6) is 0 Å². The molecule has 2 atom stereocenters. The number of rotatable bonds is 5. The van der Waals surface area contributed by atoms with E-state index in [4.69, 9.17) is 10.4 Å². The van der Waals surface area contributed by atoms with Crippen LogP contribution in [-0.4, -0.2) is 28.8 Å².